The van der Waals surface area contributed by atoms with Crippen LogP contribution in [0.5, 0.6) is 0 Å². The third kappa shape index (κ3) is 4.66. The van der Waals surface area contributed by atoms with Gasteiger partial charge < -0.3 is 20.4 Å². The molecule has 1 atom stereocenters. The zero-order chi connectivity index (χ0) is 24.4. The molecule has 5 rings (SSSR count). The number of rotatable bonds is 5. The third-order valence-electron chi connectivity index (χ3n) is 6.75. The number of amides is 2. The van der Waals surface area contributed by atoms with Crippen molar-refractivity contribution in [2.45, 2.75) is 51.1 Å². The largest absolute Gasteiger partial charge is 0.340 e. The second-order valence-electron chi connectivity index (χ2n) is 9.07. The van der Waals surface area contributed by atoms with E-state index >= 15 is 0 Å². The Morgan fingerprint density at radius 3 is 2.49 bits per heavy atom. The smallest absolute Gasteiger partial charge is 0.257 e. The molecule has 0 saturated heterocycles. The van der Waals surface area contributed by atoms with E-state index in [0.717, 1.165) is 30.0 Å². The first-order valence-corrected chi connectivity index (χ1v) is 12.0. The second-order valence-corrected chi connectivity index (χ2v) is 9.07. The summed E-state index contributed by atoms with van der Waals surface area (Å²) >= 11 is 0. The van der Waals surface area contributed by atoms with Gasteiger partial charge in [-0.25, -0.2) is 4.98 Å². The number of fused-ring (bicyclic) bond motifs is 1. The summed E-state index contributed by atoms with van der Waals surface area (Å²) in [6.45, 7) is 1.96. The van der Waals surface area contributed by atoms with E-state index in [2.05, 4.69) is 25.5 Å². The van der Waals surface area contributed by atoms with Crippen molar-refractivity contribution in [2.75, 3.05) is 27.5 Å². The number of nitrogens with one attached hydrogen (secondary N) is 2. The molecule has 2 amide bonds. The average molecular weight is 472 g/mol. The van der Waals surface area contributed by atoms with E-state index in [4.69, 9.17) is 4.98 Å². The molecule has 1 fully saturated rings. The van der Waals surface area contributed by atoms with E-state index in [0.29, 0.717) is 23.2 Å². The van der Waals surface area contributed by atoms with Gasteiger partial charge in [0.25, 0.3) is 5.91 Å². The fraction of sp³-hybridized carbons (Fsp3) is 0.346. The summed E-state index contributed by atoms with van der Waals surface area (Å²) in [4.78, 5) is 42.4. The van der Waals surface area contributed by atoms with Gasteiger partial charge in [-0.15, -0.1) is 0 Å². The van der Waals surface area contributed by atoms with Crippen molar-refractivity contribution >= 4 is 40.6 Å². The van der Waals surface area contributed by atoms with Crippen LogP contribution in [0.3, 0.4) is 0 Å². The summed E-state index contributed by atoms with van der Waals surface area (Å²) in [5, 5.41) is 6.12. The third-order valence-corrected chi connectivity index (χ3v) is 6.75. The van der Waals surface area contributed by atoms with Gasteiger partial charge in [-0.05, 0) is 56.2 Å². The van der Waals surface area contributed by atoms with Crippen molar-refractivity contribution in [1.29, 1.82) is 0 Å². The molecule has 180 valence electrons. The van der Waals surface area contributed by atoms with Gasteiger partial charge in [-0.3, -0.25) is 14.6 Å². The van der Waals surface area contributed by atoms with E-state index in [-0.39, 0.29) is 17.9 Å². The highest BCUT2D eigenvalue weighted by molar-refractivity contribution is 6.05. The Morgan fingerprint density at radius 1 is 1.03 bits per heavy atom. The van der Waals surface area contributed by atoms with Crippen LogP contribution < -0.4 is 20.4 Å². The number of pyridine rings is 1. The minimum Gasteiger partial charge on any atom is -0.340 e. The molecule has 0 radical (unpaired) electrons. The lowest BCUT2D eigenvalue weighted by atomic mass is 9.92. The highest BCUT2D eigenvalue weighted by atomic mass is 16.2. The highest BCUT2D eigenvalue weighted by Crippen LogP contribution is 2.38. The first-order chi connectivity index (χ1) is 17.0. The molecule has 35 heavy (non-hydrogen) atoms. The molecule has 9 nitrogen and oxygen atoms in total. The average Bonchev–Trinajstić information content (AvgIpc) is 2.90. The summed E-state index contributed by atoms with van der Waals surface area (Å²) in [6, 6.07) is 10.8. The Morgan fingerprint density at radius 2 is 1.77 bits per heavy atom. The molecule has 2 aromatic heterocycles. The Kier molecular flexibility index (Phi) is 6.31. The van der Waals surface area contributed by atoms with E-state index < -0.39 is 0 Å². The standard InChI is InChI=1S/C26H29N7O2/c1-17-25(35)32(2)22-16-28-26(31-23(22)33(17)21-8-4-3-5-9-21)30-20-12-10-19(11-13-20)29-24(34)18-7-6-14-27-15-18/h6-7,10-17,21H,3-5,8-9H2,1-2H3,(H,29,34)(H,28,30,31)/t17-/m1/s1. The van der Waals surface area contributed by atoms with Crippen LogP contribution in [0, 0.1) is 0 Å². The summed E-state index contributed by atoms with van der Waals surface area (Å²) in [5.41, 5.74) is 2.70. The Balaban J connectivity index is 1.34. The molecule has 3 heterocycles. The number of carbonyl (C=O) groups is 2. The number of nitrogens with zero attached hydrogens (tertiary/aromatic N) is 5. The van der Waals surface area contributed by atoms with Crippen molar-refractivity contribution < 1.29 is 9.59 Å². The fourth-order valence-electron chi connectivity index (χ4n) is 4.87. The lowest BCUT2D eigenvalue weighted by Crippen LogP contribution is -2.55. The molecule has 0 spiro atoms. The molecule has 2 N–H and O–H groups in total. The van der Waals surface area contributed by atoms with Gasteiger partial charge in [0.2, 0.25) is 11.9 Å². The number of hydrogen-bond donors (Lipinski definition) is 2. The van der Waals surface area contributed by atoms with Crippen LogP contribution in [-0.4, -0.2) is 45.9 Å². The molecular formula is C26H29N7O2. The molecule has 0 unspecified atom stereocenters. The quantitative estimate of drug-likeness (QED) is 0.569. The van der Waals surface area contributed by atoms with Crippen molar-refractivity contribution in [3.05, 3.63) is 60.6 Å². The van der Waals surface area contributed by atoms with Gasteiger partial charge in [0.05, 0.1) is 11.8 Å². The normalized spacial score (nSPS) is 18.2. The number of benzene rings is 1. The highest BCUT2D eigenvalue weighted by Gasteiger charge is 2.39. The van der Waals surface area contributed by atoms with Crippen molar-refractivity contribution in [2.24, 2.45) is 0 Å². The molecule has 1 aliphatic carbocycles. The van der Waals surface area contributed by atoms with Crippen LogP contribution in [0.1, 0.15) is 49.4 Å². The summed E-state index contributed by atoms with van der Waals surface area (Å²) < 4.78 is 0. The number of anilines is 5. The molecular weight excluding hydrogens is 442 g/mol. The van der Waals surface area contributed by atoms with Gasteiger partial charge in [0.1, 0.15) is 11.7 Å². The summed E-state index contributed by atoms with van der Waals surface area (Å²) in [6.07, 6.45) is 10.6. The molecule has 1 saturated carbocycles. The van der Waals surface area contributed by atoms with Crippen molar-refractivity contribution in [3.8, 4) is 0 Å². The van der Waals surface area contributed by atoms with Gasteiger partial charge >= 0.3 is 0 Å². The van der Waals surface area contributed by atoms with Gasteiger partial charge in [-0.1, -0.05) is 19.3 Å². The van der Waals surface area contributed by atoms with E-state index in [1.807, 2.05) is 31.2 Å². The second kappa shape index (κ2) is 9.69. The number of hydrogen-bond acceptors (Lipinski definition) is 7. The topological polar surface area (TPSA) is 103 Å². The van der Waals surface area contributed by atoms with Crippen LogP contribution in [0.4, 0.5) is 28.8 Å². The van der Waals surface area contributed by atoms with Gasteiger partial charge in [0, 0.05) is 36.9 Å². The maximum absolute atomic E-state index is 12.9. The van der Waals surface area contributed by atoms with Crippen molar-refractivity contribution in [3.63, 3.8) is 0 Å². The predicted octanol–water partition coefficient (Wildman–Crippen LogP) is 4.37. The first kappa shape index (κ1) is 22.8. The van der Waals surface area contributed by atoms with Crippen LogP contribution in [0.25, 0.3) is 0 Å². The van der Waals surface area contributed by atoms with Gasteiger partial charge in [-0.2, -0.15) is 4.98 Å². The van der Waals surface area contributed by atoms with Gasteiger partial charge in [0.15, 0.2) is 5.82 Å². The maximum atomic E-state index is 12.9. The lowest BCUT2D eigenvalue weighted by Gasteiger charge is -2.44. The zero-order valence-electron chi connectivity index (χ0n) is 19.9. The molecule has 1 aliphatic heterocycles. The molecule has 3 aromatic rings. The Hall–Kier alpha value is -4.01. The van der Waals surface area contributed by atoms with Crippen LogP contribution >= 0.6 is 0 Å². The minimum absolute atomic E-state index is 0.0660. The van der Waals surface area contributed by atoms with Crippen LogP contribution in [-0.2, 0) is 4.79 Å². The summed E-state index contributed by atoms with van der Waals surface area (Å²) in [7, 11) is 1.78. The lowest BCUT2D eigenvalue weighted by molar-refractivity contribution is -0.119. The van der Waals surface area contributed by atoms with E-state index in [9.17, 15) is 9.59 Å². The fourth-order valence-corrected chi connectivity index (χ4v) is 4.87. The van der Waals surface area contributed by atoms with Crippen molar-refractivity contribution in [1.82, 2.24) is 15.0 Å². The number of aromatic nitrogens is 3. The minimum atomic E-state index is -0.263. The molecule has 9 heteroatoms. The van der Waals surface area contributed by atoms with E-state index in [1.54, 1.807) is 36.5 Å². The Bertz CT molecular complexity index is 1210. The molecule has 0 bridgehead atoms. The molecule has 1 aromatic carbocycles. The SMILES string of the molecule is C[C@@H]1C(=O)N(C)c2cnc(Nc3ccc(NC(=O)c4cccnc4)cc3)nc2N1C1CCCCC1. The Labute approximate surface area is 204 Å². The number of carbonyl (C=O) groups excluding carboxylic acids is 2. The van der Waals surface area contributed by atoms with E-state index in [1.165, 1.54) is 25.5 Å². The number of likely N-dealkylation sites (N-methyl/N-ethyl adjacent to an activating group) is 1. The first-order valence-electron chi connectivity index (χ1n) is 12.0. The summed E-state index contributed by atoms with van der Waals surface area (Å²) in [5.74, 6) is 1.11. The predicted molar refractivity (Wildman–Crippen MR) is 136 cm³/mol. The van der Waals surface area contributed by atoms with Crippen LogP contribution in [0.15, 0.2) is 55.0 Å². The molecule has 2 aliphatic rings. The maximum Gasteiger partial charge on any atom is 0.257 e. The monoisotopic (exact) mass is 471 g/mol. The van der Waals surface area contributed by atoms with Crippen LogP contribution in [0.2, 0.25) is 0 Å². The zero-order valence-corrected chi connectivity index (χ0v) is 19.9.